The Bertz CT molecular complexity index is 107. The average Bonchev–Trinajstić information content (AvgIpc) is 1.83. The van der Waals surface area contributed by atoms with Gasteiger partial charge in [0, 0.05) is 5.75 Å². The van der Waals surface area contributed by atoms with E-state index in [0.717, 1.165) is 11.8 Å². The van der Waals surface area contributed by atoms with Crippen LogP contribution in [0.3, 0.4) is 0 Å². The number of hydrogen-bond donors (Lipinski definition) is 1. The summed E-state index contributed by atoms with van der Waals surface area (Å²) in [5, 5.41) is 18.5. The highest BCUT2D eigenvalue weighted by Gasteiger charge is 1.94. The van der Waals surface area contributed by atoms with Crippen LogP contribution in [0.15, 0.2) is 12.7 Å². The van der Waals surface area contributed by atoms with E-state index in [2.05, 4.69) is 6.58 Å². The molecule has 0 aliphatic heterocycles. The third-order valence-electron chi connectivity index (χ3n) is 0.591. The van der Waals surface area contributed by atoms with Gasteiger partial charge < -0.3 is 5.11 Å². The predicted molar refractivity (Wildman–Crippen MR) is 34.3 cm³/mol. The Morgan fingerprint density at radius 1 is 2.00 bits per heavy atom. The molecular weight excluding hydrogens is 122 g/mol. The van der Waals surface area contributed by atoms with Gasteiger partial charge in [0.15, 0.2) is 0 Å². The summed E-state index contributed by atoms with van der Waals surface area (Å²) >= 11 is 1.03. The Morgan fingerprint density at radius 3 is 3.00 bits per heavy atom. The summed E-state index contributed by atoms with van der Waals surface area (Å²) in [5.74, 6) is 0.417. The first-order valence-corrected chi connectivity index (χ1v) is 3.11. The Kier molecular flexibility index (Phi) is 4.42. The van der Waals surface area contributed by atoms with E-state index >= 15 is 0 Å². The standard InChI is InChI=1S/C5H7NOS/c1-2-5(7)3-8-4-6/h2,5,7H,1,3H2. The lowest BCUT2D eigenvalue weighted by atomic mass is 10.4. The van der Waals surface area contributed by atoms with Gasteiger partial charge in [0.1, 0.15) is 5.40 Å². The molecule has 0 aliphatic carbocycles. The van der Waals surface area contributed by atoms with Crippen molar-refractivity contribution in [2.24, 2.45) is 0 Å². The van der Waals surface area contributed by atoms with E-state index in [1.165, 1.54) is 6.08 Å². The van der Waals surface area contributed by atoms with Gasteiger partial charge in [-0.15, -0.1) is 6.58 Å². The van der Waals surface area contributed by atoms with Crippen LogP contribution in [0, 0.1) is 10.7 Å². The first-order chi connectivity index (χ1) is 3.81. The Balaban J connectivity index is 3.13. The predicted octanol–water partition coefficient (Wildman–Crippen LogP) is 0.748. The molecule has 1 N–H and O–H groups in total. The molecule has 0 aromatic heterocycles. The lowest BCUT2D eigenvalue weighted by molar-refractivity contribution is 0.249. The van der Waals surface area contributed by atoms with Gasteiger partial charge in [-0.3, -0.25) is 0 Å². The molecule has 0 saturated carbocycles. The summed E-state index contributed by atoms with van der Waals surface area (Å²) in [5.41, 5.74) is 0. The molecule has 8 heavy (non-hydrogen) atoms. The molecule has 0 spiro atoms. The highest BCUT2D eigenvalue weighted by molar-refractivity contribution is 8.03. The quantitative estimate of drug-likeness (QED) is 0.451. The van der Waals surface area contributed by atoms with E-state index in [0.29, 0.717) is 5.75 Å². The monoisotopic (exact) mass is 129 g/mol. The SMILES string of the molecule is C=CC(O)CSC#N. The minimum absolute atomic E-state index is 0.417. The fourth-order valence-corrected chi connectivity index (χ4v) is 0.572. The fraction of sp³-hybridized carbons (Fsp3) is 0.400. The molecule has 0 heterocycles. The van der Waals surface area contributed by atoms with E-state index in [1.54, 1.807) is 0 Å². The maximum absolute atomic E-state index is 8.70. The second-order valence-electron chi connectivity index (χ2n) is 1.21. The second-order valence-corrected chi connectivity index (χ2v) is 2.01. The van der Waals surface area contributed by atoms with Crippen LogP contribution in [0.2, 0.25) is 0 Å². The number of aliphatic hydroxyl groups excluding tert-OH is 1. The summed E-state index contributed by atoms with van der Waals surface area (Å²) in [6.45, 7) is 3.34. The minimum Gasteiger partial charge on any atom is -0.388 e. The molecule has 0 aromatic rings. The van der Waals surface area contributed by atoms with E-state index < -0.39 is 6.10 Å². The molecule has 3 heteroatoms. The van der Waals surface area contributed by atoms with E-state index in [1.807, 2.05) is 5.40 Å². The van der Waals surface area contributed by atoms with Gasteiger partial charge in [-0.1, -0.05) is 6.08 Å². The Hall–Kier alpha value is -0.460. The Labute approximate surface area is 52.8 Å². The number of nitrogens with zero attached hydrogens (tertiary/aromatic N) is 1. The van der Waals surface area contributed by atoms with E-state index in [-0.39, 0.29) is 0 Å². The molecule has 44 valence electrons. The van der Waals surface area contributed by atoms with Gasteiger partial charge in [0.05, 0.1) is 6.10 Å². The molecule has 0 saturated heterocycles. The number of thiocyanates is 1. The molecular formula is C5H7NOS. The number of nitriles is 1. The highest BCUT2D eigenvalue weighted by atomic mass is 32.2. The molecule has 0 bridgehead atoms. The van der Waals surface area contributed by atoms with Crippen molar-refractivity contribution in [3.05, 3.63) is 12.7 Å². The van der Waals surface area contributed by atoms with E-state index in [9.17, 15) is 0 Å². The molecule has 1 unspecified atom stereocenters. The average molecular weight is 129 g/mol. The molecule has 0 rings (SSSR count). The lowest BCUT2D eigenvalue weighted by Crippen LogP contribution is -2.03. The van der Waals surface area contributed by atoms with Crippen molar-refractivity contribution >= 4 is 11.8 Å². The smallest absolute Gasteiger partial charge is 0.133 e. The molecule has 0 radical (unpaired) electrons. The van der Waals surface area contributed by atoms with Crippen LogP contribution in [0.4, 0.5) is 0 Å². The van der Waals surface area contributed by atoms with E-state index in [4.69, 9.17) is 10.4 Å². The van der Waals surface area contributed by atoms with Crippen molar-refractivity contribution in [1.29, 1.82) is 5.26 Å². The maximum Gasteiger partial charge on any atom is 0.133 e. The van der Waals surface area contributed by atoms with Crippen LogP contribution in [0.1, 0.15) is 0 Å². The summed E-state index contributed by atoms with van der Waals surface area (Å²) in [4.78, 5) is 0. The summed E-state index contributed by atoms with van der Waals surface area (Å²) in [6.07, 6.45) is 0.865. The zero-order valence-corrected chi connectivity index (χ0v) is 5.19. The van der Waals surface area contributed by atoms with Crippen LogP contribution >= 0.6 is 11.8 Å². The zero-order valence-electron chi connectivity index (χ0n) is 4.37. The zero-order chi connectivity index (χ0) is 6.41. The molecule has 0 aromatic carbocycles. The normalized spacial score (nSPS) is 12.0. The van der Waals surface area contributed by atoms with Crippen LogP contribution in [-0.2, 0) is 0 Å². The van der Waals surface area contributed by atoms with Gasteiger partial charge in [-0.05, 0) is 11.8 Å². The molecule has 0 amide bonds. The fourth-order valence-electron chi connectivity index (χ4n) is 0.191. The summed E-state index contributed by atoms with van der Waals surface area (Å²) < 4.78 is 0. The largest absolute Gasteiger partial charge is 0.388 e. The van der Waals surface area contributed by atoms with Crippen LogP contribution in [0.5, 0.6) is 0 Å². The van der Waals surface area contributed by atoms with Crippen molar-refractivity contribution in [3.8, 4) is 5.40 Å². The molecule has 0 fully saturated rings. The van der Waals surface area contributed by atoms with Gasteiger partial charge >= 0.3 is 0 Å². The number of hydrogen-bond acceptors (Lipinski definition) is 3. The summed E-state index contributed by atoms with van der Waals surface area (Å²) in [7, 11) is 0. The summed E-state index contributed by atoms with van der Waals surface area (Å²) in [6, 6.07) is 0. The first-order valence-electron chi connectivity index (χ1n) is 2.12. The highest BCUT2D eigenvalue weighted by Crippen LogP contribution is 1.99. The number of aliphatic hydroxyl groups is 1. The third kappa shape index (κ3) is 3.72. The maximum atomic E-state index is 8.70. The first kappa shape index (κ1) is 7.54. The van der Waals surface area contributed by atoms with Gasteiger partial charge in [-0.25, -0.2) is 0 Å². The third-order valence-corrected chi connectivity index (χ3v) is 1.23. The molecule has 1 atom stereocenters. The number of thioether (sulfide) groups is 1. The van der Waals surface area contributed by atoms with Crippen molar-refractivity contribution in [1.82, 2.24) is 0 Å². The van der Waals surface area contributed by atoms with Crippen LogP contribution < -0.4 is 0 Å². The lowest BCUT2D eigenvalue weighted by Gasteiger charge is -1.96. The van der Waals surface area contributed by atoms with Crippen LogP contribution in [0.25, 0.3) is 0 Å². The van der Waals surface area contributed by atoms with Crippen LogP contribution in [-0.4, -0.2) is 17.0 Å². The Morgan fingerprint density at radius 2 is 2.62 bits per heavy atom. The second kappa shape index (κ2) is 4.69. The topological polar surface area (TPSA) is 44.0 Å². The van der Waals surface area contributed by atoms with Crippen molar-refractivity contribution in [3.63, 3.8) is 0 Å². The van der Waals surface area contributed by atoms with Gasteiger partial charge in [0.25, 0.3) is 0 Å². The van der Waals surface area contributed by atoms with Crippen molar-refractivity contribution in [2.75, 3.05) is 5.75 Å². The van der Waals surface area contributed by atoms with Gasteiger partial charge in [0.2, 0.25) is 0 Å². The van der Waals surface area contributed by atoms with Crippen molar-refractivity contribution < 1.29 is 5.11 Å². The van der Waals surface area contributed by atoms with Crippen molar-refractivity contribution in [2.45, 2.75) is 6.10 Å². The molecule has 2 nitrogen and oxygen atoms in total. The van der Waals surface area contributed by atoms with Gasteiger partial charge in [-0.2, -0.15) is 5.26 Å². The molecule has 0 aliphatic rings. The number of rotatable bonds is 3. The minimum atomic E-state index is -0.542.